The van der Waals surface area contributed by atoms with Gasteiger partial charge in [-0.3, -0.25) is 0 Å². The predicted molar refractivity (Wildman–Crippen MR) is 86.6 cm³/mol. The summed E-state index contributed by atoms with van der Waals surface area (Å²) in [5.41, 5.74) is 3.37. The summed E-state index contributed by atoms with van der Waals surface area (Å²) in [6.07, 6.45) is 0. The van der Waals surface area contributed by atoms with Crippen LogP contribution < -0.4 is 14.8 Å². The Morgan fingerprint density at radius 3 is 2.19 bits per heavy atom. The van der Waals surface area contributed by atoms with Crippen molar-refractivity contribution in [3.8, 4) is 11.5 Å². The highest BCUT2D eigenvalue weighted by Gasteiger charge is 2.20. The molecular weight excluding hydrogens is 286 g/mol. The molecule has 0 bridgehead atoms. The second-order valence-corrected chi connectivity index (χ2v) is 5.21. The van der Waals surface area contributed by atoms with E-state index in [-0.39, 0.29) is 6.04 Å². The van der Waals surface area contributed by atoms with Gasteiger partial charge in [-0.05, 0) is 31.7 Å². The van der Waals surface area contributed by atoms with E-state index in [9.17, 15) is 0 Å². The summed E-state index contributed by atoms with van der Waals surface area (Å²) < 4.78 is 10.7. The van der Waals surface area contributed by atoms with Gasteiger partial charge < -0.3 is 14.8 Å². The minimum Gasteiger partial charge on any atom is -0.495 e. The summed E-state index contributed by atoms with van der Waals surface area (Å²) in [6, 6.07) is 12.2. The molecule has 1 atom stereocenters. The summed E-state index contributed by atoms with van der Waals surface area (Å²) in [6.45, 7) is 2.07. The summed E-state index contributed by atoms with van der Waals surface area (Å²) in [4.78, 5) is 0. The molecule has 0 fully saturated rings. The van der Waals surface area contributed by atoms with Crippen LogP contribution in [0.5, 0.6) is 11.5 Å². The molecule has 0 saturated carbocycles. The van der Waals surface area contributed by atoms with Crippen LogP contribution in [0, 0.1) is 6.92 Å². The fourth-order valence-corrected chi connectivity index (χ4v) is 2.73. The molecule has 4 heteroatoms. The number of aryl methyl sites for hydroxylation is 1. The zero-order valence-corrected chi connectivity index (χ0v) is 13.5. The summed E-state index contributed by atoms with van der Waals surface area (Å²) in [7, 11) is 5.13. The van der Waals surface area contributed by atoms with Crippen LogP contribution in [-0.4, -0.2) is 21.3 Å². The van der Waals surface area contributed by atoms with Gasteiger partial charge in [-0.2, -0.15) is 0 Å². The van der Waals surface area contributed by atoms with Crippen LogP contribution in [0.25, 0.3) is 0 Å². The van der Waals surface area contributed by atoms with Gasteiger partial charge in [-0.15, -0.1) is 0 Å². The Balaban J connectivity index is 2.52. The maximum Gasteiger partial charge on any atom is 0.146 e. The van der Waals surface area contributed by atoms with Gasteiger partial charge in [0.2, 0.25) is 0 Å². The molecule has 0 aliphatic carbocycles. The van der Waals surface area contributed by atoms with Crippen molar-refractivity contribution in [3.63, 3.8) is 0 Å². The number of rotatable bonds is 5. The first kappa shape index (κ1) is 15.7. The summed E-state index contributed by atoms with van der Waals surface area (Å²) in [5, 5.41) is 3.80. The van der Waals surface area contributed by atoms with Crippen molar-refractivity contribution in [2.24, 2.45) is 0 Å². The third-order valence-corrected chi connectivity index (χ3v) is 3.88. The van der Waals surface area contributed by atoms with E-state index in [4.69, 9.17) is 21.1 Å². The maximum atomic E-state index is 6.35. The monoisotopic (exact) mass is 305 g/mol. The molecule has 112 valence electrons. The molecular formula is C17H20ClNO2. The van der Waals surface area contributed by atoms with Crippen LogP contribution in [0.3, 0.4) is 0 Å². The van der Waals surface area contributed by atoms with Crippen LogP contribution in [0.4, 0.5) is 0 Å². The third kappa shape index (κ3) is 3.14. The molecule has 3 nitrogen and oxygen atoms in total. The fourth-order valence-electron chi connectivity index (χ4n) is 2.41. The lowest BCUT2D eigenvalue weighted by Crippen LogP contribution is -2.18. The number of halogens is 1. The van der Waals surface area contributed by atoms with Gasteiger partial charge >= 0.3 is 0 Å². The zero-order valence-electron chi connectivity index (χ0n) is 12.7. The van der Waals surface area contributed by atoms with Gasteiger partial charge in [0.1, 0.15) is 16.5 Å². The van der Waals surface area contributed by atoms with Crippen LogP contribution in [0.15, 0.2) is 36.4 Å². The normalized spacial score (nSPS) is 12.0. The highest BCUT2D eigenvalue weighted by molar-refractivity contribution is 6.33. The van der Waals surface area contributed by atoms with Gasteiger partial charge in [0, 0.05) is 5.56 Å². The molecule has 0 spiro atoms. The molecule has 0 saturated heterocycles. The molecule has 0 aromatic heterocycles. The van der Waals surface area contributed by atoms with Crippen molar-refractivity contribution < 1.29 is 9.47 Å². The maximum absolute atomic E-state index is 6.35. The highest BCUT2D eigenvalue weighted by atomic mass is 35.5. The number of methoxy groups -OCH3 is 2. The van der Waals surface area contributed by atoms with Gasteiger partial charge in [0.25, 0.3) is 0 Å². The first-order chi connectivity index (χ1) is 10.1. The van der Waals surface area contributed by atoms with E-state index < -0.39 is 0 Å². The van der Waals surface area contributed by atoms with Crippen LogP contribution >= 0.6 is 11.6 Å². The van der Waals surface area contributed by atoms with E-state index in [1.54, 1.807) is 14.2 Å². The molecule has 0 amide bonds. The lowest BCUT2D eigenvalue weighted by atomic mass is 9.97. The topological polar surface area (TPSA) is 30.5 Å². The predicted octanol–water partition coefficient (Wildman–Crippen LogP) is 3.97. The molecule has 2 rings (SSSR count). The van der Waals surface area contributed by atoms with Crippen molar-refractivity contribution in [2.45, 2.75) is 13.0 Å². The minimum atomic E-state index is 0.00366. The van der Waals surface area contributed by atoms with Crippen LogP contribution in [-0.2, 0) is 0 Å². The van der Waals surface area contributed by atoms with Gasteiger partial charge in [-0.1, -0.05) is 41.4 Å². The second kappa shape index (κ2) is 6.83. The number of hydrogen-bond acceptors (Lipinski definition) is 3. The number of nitrogens with one attached hydrogen (secondary N) is 1. The van der Waals surface area contributed by atoms with E-state index in [2.05, 4.69) is 36.5 Å². The smallest absolute Gasteiger partial charge is 0.146 e. The lowest BCUT2D eigenvalue weighted by Gasteiger charge is -2.21. The van der Waals surface area contributed by atoms with E-state index in [1.165, 1.54) is 5.56 Å². The molecule has 21 heavy (non-hydrogen) atoms. The van der Waals surface area contributed by atoms with Crippen LogP contribution in [0.2, 0.25) is 5.02 Å². The average Bonchev–Trinajstić information content (AvgIpc) is 2.50. The van der Waals surface area contributed by atoms with Crippen molar-refractivity contribution in [1.82, 2.24) is 5.32 Å². The second-order valence-electron chi connectivity index (χ2n) is 4.84. The highest BCUT2D eigenvalue weighted by Crippen LogP contribution is 2.40. The Hall–Kier alpha value is -1.71. The Bertz CT molecular complexity index is 611. The van der Waals surface area contributed by atoms with Gasteiger partial charge in [0.15, 0.2) is 0 Å². The Labute approximate surface area is 130 Å². The molecule has 0 aliphatic heterocycles. The first-order valence-corrected chi connectivity index (χ1v) is 7.14. The van der Waals surface area contributed by atoms with Crippen molar-refractivity contribution in [3.05, 3.63) is 58.1 Å². The van der Waals surface area contributed by atoms with Crippen molar-refractivity contribution in [1.29, 1.82) is 0 Å². The molecule has 2 aromatic rings. The molecule has 0 heterocycles. The van der Waals surface area contributed by atoms with Crippen molar-refractivity contribution in [2.75, 3.05) is 21.3 Å². The number of benzene rings is 2. The standard InChI is InChI=1S/C17H20ClNO2/c1-11-5-7-12(8-6-11)16(19-2)13-9-10-14(20-3)15(18)17(13)21-4/h5-10,16,19H,1-4H3. The van der Waals surface area contributed by atoms with E-state index in [0.29, 0.717) is 16.5 Å². The fraction of sp³-hybridized carbons (Fsp3) is 0.294. The average molecular weight is 306 g/mol. The Morgan fingerprint density at radius 1 is 1.00 bits per heavy atom. The molecule has 0 radical (unpaired) electrons. The quantitative estimate of drug-likeness (QED) is 0.906. The number of ether oxygens (including phenoxy) is 2. The third-order valence-electron chi connectivity index (χ3n) is 3.53. The number of hydrogen-bond donors (Lipinski definition) is 1. The van der Waals surface area contributed by atoms with Crippen LogP contribution in [0.1, 0.15) is 22.7 Å². The lowest BCUT2D eigenvalue weighted by molar-refractivity contribution is 0.388. The van der Waals surface area contributed by atoms with Crippen molar-refractivity contribution >= 4 is 11.6 Å². The zero-order chi connectivity index (χ0) is 15.4. The van der Waals surface area contributed by atoms with Gasteiger partial charge in [-0.25, -0.2) is 0 Å². The Morgan fingerprint density at radius 2 is 1.67 bits per heavy atom. The molecule has 1 N–H and O–H groups in total. The van der Waals surface area contributed by atoms with E-state index >= 15 is 0 Å². The van der Waals surface area contributed by atoms with Gasteiger partial charge in [0.05, 0.1) is 20.3 Å². The van der Waals surface area contributed by atoms with E-state index in [1.807, 2.05) is 19.2 Å². The first-order valence-electron chi connectivity index (χ1n) is 6.76. The SMILES string of the molecule is CNC(c1ccc(C)cc1)c1ccc(OC)c(Cl)c1OC. The molecule has 2 aromatic carbocycles. The van der Waals surface area contributed by atoms with E-state index in [0.717, 1.165) is 11.1 Å². The Kier molecular flexibility index (Phi) is 5.10. The minimum absolute atomic E-state index is 0.00366. The molecule has 0 aliphatic rings. The largest absolute Gasteiger partial charge is 0.495 e. The summed E-state index contributed by atoms with van der Waals surface area (Å²) in [5.74, 6) is 1.24. The molecule has 1 unspecified atom stereocenters. The summed E-state index contributed by atoms with van der Waals surface area (Å²) >= 11 is 6.35.